The molecule has 0 spiro atoms. The summed E-state index contributed by atoms with van der Waals surface area (Å²) in [6.45, 7) is 2.47. The van der Waals surface area contributed by atoms with Gasteiger partial charge in [0, 0.05) is 13.0 Å². The van der Waals surface area contributed by atoms with Crippen LogP contribution >= 0.6 is 0 Å². The van der Waals surface area contributed by atoms with Crippen LogP contribution in [0.3, 0.4) is 0 Å². The summed E-state index contributed by atoms with van der Waals surface area (Å²) in [6, 6.07) is 0. The van der Waals surface area contributed by atoms with Crippen molar-refractivity contribution in [3.63, 3.8) is 0 Å². The van der Waals surface area contributed by atoms with Gasteiger partial charge in [-0.3, -0.25) is 9.59 Å². The van der Waals surface area contributed by atoms with Gasteiger partial charge in [0.25, 0.3) is 0 Å². The summed E-state index contributed by atoms with van der Waals surface area (Å²) in [5, 5.41) is 11.0. The fourth-order valence-electron chi connectivity index (χ4n) is 1.99. The molecule has 116 valence electrons. The van der Waals surface area contributed by atoms with E-state index in [2.05, 4.69) is 12.2 Å². The molecule has 0 aromatic carbocycles. The van der Waals surface area contributed by atoms with Gasteiger partial charge in [0.05, 0.1) is 6.42 Å². The minimum atomic E-state index is -0.872. The third kappa shape index (κ3) is 18.2. The Morgan fingerprint density at radius 2 is 1.40 bits per heavy atom. The topological polar surface area (TPSA) is 66.4 Å². The molecule has 0 aromatic rings. The molecule has 0 rings (SSSR count). The molecular formula is C15H31CaNO3. The third-order valence-electron chi connectivity index (χ3n) is 3.17. The molecule has 0 atom stereocenters. The summed E-state index contributed by atoms with van der Waals surface area (Å²) in [7, 11) is 0. The molecule has 0 saturated carbocycles. The zero-order valence-corrected chi connectivity index (χ0v) is 15.2. The second kappa shape index (κ2) is 17.3. The number of aliphatic carboxylic acids is 1. The van der Waals surface area contributed by atoms with E-state index in [0.717, 1.165) is 12.8 Å². The molecule has 1 amide bonds. The van der Waals surface area contributed by atoms with Crippen LogP contribution in [0.2, 0.25) is 0 Å². The van der Waals surface area contributed by atoms with Gasteiger partial charge in [0.2, 0.25) is 5.91 Å². The predicted octanol–water partition coefficient (Wildman–Crippen LogP) is 3.34. The minimum absolute atomic E-state index is 0. The maximum Gasteiger partial charge on any atom is 2.00 e. The first-order valence-electron chi connectivity index (χ1n) is 7.65. The Labute approximate surface area is 156 Å². The molecule has 0 aliphatic carbocycles. The molecule has 0 radical (unpaired) electrons. The first-order valence-corrected chi connectivity index (χ1v) is 7.65. The largest absolute Gasteiger partial charge is 2.00 e. The van der Waals surface area contributed by atoms with Crippen molar-refractivity contribution in [2.24, 2.45) is 0 Å². The molecule has 0 aliphatic rings. The number of unbranched alkanes of at least 4 members (excludes halogenated alkanes) is 8. The van der Waals surface area contributed by atoms with Gasteiger partial charge >= 0.3 is 43.7 Å². The Hall–Kier alpha value is 0.200. The van der Waals surface area contributed by atoms with E-state index >= 15 is 0 Å². The molecule has 0 unspecified atom stereocenters. The van der Waals surface area contributed by atoms with E-state index in [9.17, 15) is 9.59 Å². The standard InChI is InChI=1S/C15H29NO3.Ca.2H/c1-2-3-4-5-6-7-8-9-10-11-14(17)16-13-12-15(18)19;;;/h2-13H2,1H3,(H,16,17)(H,18,19);;;/q;+2;2*-1. The smallest absolute Gasteiger partial charge is 1.00 e. The average molecular weight is 313 g/mol. The Kier molecular flexibility index (Phi) is 19.4. The van der Waals surface area contributed by atoms with Gasteiger partial charge in [0.1, 0.15) is 0 Å². The third-order valence-corrected chi connectivity index (χ3v) is 3.17. The number of amides is 1. The van der Waals surface area contributed by atoms with Crippen LogP contribution in [0.25, 0.3) is 0 Å². The zero-order chi connectivity index (χ0) is 14.3. The first kappa shape index (κ1) is 22.5. The van der Waals surface area contributed by atoms with Crippen molar-refractivity contribution in [2.75, 3.05) is 6.54 Å². The van der Waals surface area contributed by atoms with Crippen LogP contribution in [-0.2, 0) is 9.59 Å². The number of carboxylic acid groups (broad SMARTS) is 1. The number of carbonyl (C=O) groups excluding carboxylic acids is 1. The van der Waals surface area contributed by atoms with Crippen molar-refractivity contribution in [2.45, 2.75) is 77.6 Å². The minimum Gasteiger partial charge on any atom is -1.00 e. The van der Waals surface area contributed by atoms with E-state index in [0.29, 0.717) is 6.42 Å². The zero-order valence-electron chi connectivity index (χ0n) is 15.0. The van der Waals surface area contributed by atoms with Crippen molar-refractivity contribution in [1.29, 1.82) is 0 Å². The molecule has 0 aromatic heterocycles. The van der Waals surface area contributed by atoms with Gasteiger partial charge in [-0.1, -0.05) is 58.3 Å². The fraction of sp³-hybridized carbons (Fsp3) is 0.867. The van der Waals surface area contributed by atoms with Crippen molar-refractivity contribution in [3.8, 4) is 0 Å². The molecule has 0 fully saturated rings. The van der Waals surface area contributed by atoms with Crippen molar-refractivity contribution in [1.82, 2.24) is 5.32 Å². The summed E-state index contributed by atoms with van der Waals surface area (Å²) in [5.41, 5.74) is 0. The van der Waals surface area contributed by atoms with Gasteiger partial charge in [-0.2, -0.15) is 0 Å². The van der Waals surface area contributed by atoms with Crippen LogP contribution in [-0.4, -0.2) is 61.3 Å². The Bertz CT molecular complexity index is 257. The summed E-state index contributed by atoms with van der Waals surface area (Å²) in [4.78, 5) is 21.6. The summed E-state index contributed by atoms with van der Waals surface area (Å²) < 4.78 is 0. The van der Waals surface area contributed by atoms with E-state index in [-0.39, 0.29) is 59.5 Å². The average Bonchev–Trinajstić information content (AvgIpc) is 2.36. The van der Waals surface area contributed by atoms with Crippen molar-refractivity contribution < 1.29 is 17.5 Å². The maximum absolute atomic E-state index is 11.3. The number of hydrogen-bond donors (Lipinski definition) is 2. The van der Waals surface area contributed by atoms with E-state index in [1.807, 2.05) is 0 Å². The van der Waals surface area contributed by atoms with E-state index in [1.54, 1.807) is 0 Å². The van der Waals surface area contributed by atoms with E-state index < -0.39 is 5.97 Å². The van der Waals surface area contributed by atoms with Crippen LogP contribution in [0.15, 0.2) is 0 Å². The molecule has 0 aliphatic heterocycles. The van der Waals surface area contributed by atoms with E-state index in [4.69, 9.17) is 5.11 Å². The summed E-state index contributed by atoms with van der Waals surface area (Å²) >= 11 is 0. The van der Waals surface area contributed by atoms with Crippen LogP contribution in [0.5, 0.6) is 0 Å². The second-order valence-corrected chi connectivity index (χ2v) is 5.07. The summed E-state index contributed by atoms with van der Waals surface area (Å²) in [5.74, 6) is -0.896. The molecule has 0 heterocycles. The summed E-state index contributed by atoms with van der Waals surface area (Å²) in [6.07, 6.45) is 11.6. The number of nitrogens with one attached hydrogen (secondary N) is 1. The van der Waals surface area contributed by atoms with Gasteiger partial charge < -0.3 is 13.3 Å². The Morgan fingerprint density at radius 1 is 0.900 bits per heavy atom. The van der Waals surface area contributed by atoms with Gasteiger partial charge in [-0.05, 0) is 6.42 Å². The van der Waals surface area contributed by atoms with Crippen molar-refractivity contribution >= 4 is 49.6 Å². The van der Waals surface area contributed by atoms with Gasteiger partial charge in [-0.15, -0.1) is 0 Å². The molecule has 20 heavy (non-hydrogen) atoms. The molecular weight excluding hydrogens is 282 g/mol. The molecule has 4 nitrogen and oxygen atoms in total. The monoisotopic (exact) mass is 313 g/mol. The van der Waals surface area contributed by atoms with Gasteiger partial charge in [-0.25, -0.2) is 0 Å². The number of rotatable bonds is 13. The van der Waals surface area contributed by atoms with Crippen LogP contribution in [0, 0.1) is 0 Å². The van der Waals surface area contributed by atoms with Crippen LogP contribution in [0.4, 0.5) is 0 Å². The fourth-order valence-corrected chi connectivity index (χ4v) is 1.99. The molecule has 0 saturated heterocycles. The molecule has 0 bridgehead atoms. The number of carbonyl (C=O) groups is 2. The Balaban J connectivity index is -0.000000540. The van der Waals surface area contributed by atoms with Crippen LogP contribution < -0.4 is 5.32 Å². The predicted molar refractivity (Wildman–Crippen MR) is 85.1 cm³/mol. The van der Waals surface area contributed by atoms with E-state index in [1.165, 1.54) is 44.9 Å². The SMILES string of the molecule is CCCCCCCCCCCC(=O)NCCC(=O)O.[Ca+2].[H-].[H-]. The Morgan fingerprint density at radius 3 is 1.90 bits per heavy atom. The van der Waals surface area contributed by atoms with Gasteiger partial charge in [0.15, 0.2) is 0 Å². The normalized spacial score (nSPS) is 9.85. The quantitative estimate of drug-likeness (QED) is 0.405. The first-order chi connectivity index (χ1) is 9.16. The molecule has 5 heteroatoms. The number of carboxylic acids is 1. The maximum atomic E-state index is 11.3. The second-order valence-electron chi connectivity index (χ2n) is 5.07. The van der Waals surface area contributed by atoms with Crippen molar-refractivity contribution in [3.05, 3.63) is 0 Å². The van der Waals surface area contributed by atoms with Crippen LogP contribution in [0.1, 0.15) is 80.4 Å². The number of hydrogen-bond acceptors (Lipinski definition) is 2. The molecule has 2 N–H and O–H groups in total.